The van der Waals surface area contributed by atoms with E-state index in [9.17, 15) is 4.79 Å². The lowest BCUT2D eigenvalue weighted by Gasteiger charge is -2.04. The summed E-state index contributed by atoms with van der Waals surface area (Å²) in [5, 5.41) is 3.98. The van der Waals surface area contributed by atoms with Crippen LogP contribution in [0, 0.1) is 0 Å². The molecule has 0 saturated heterocycles. The van der Waals surface area contributed by atoms with Gasteiger partial charge in [0.1, 0.15) is 5.75 Å². The quantitative estimate of drug-likeness (QED) is 0.658. The van der Waals surface area contributed by atoms with E-state index in [-0.39, 0.29) is 5.91 Å². The first kappa shape index (κ1) is 15.8. The van der Waals surface area contributed by atoms with Crippen molar-refractivity contribution in [2.45, 2.75) is 19.8 Å². The Morgan fingerprint density at radius 1 is 1.14 bits per heavy atom. The van der Waals surface area contributed by atoms with Gasteiger partial charge in [0.05, 0.1) is 19.7 Å². The third-order valence-electron chi connectivity index (χ3n) is 3.33. The van der Waals surface area contributed by atoms with Crippen LogP contribution in [0.5, 0.6) is 5.75 Å². The first-order valence-electron chi connectivity index (χ1n) is 7.25. The lowest BCUT2D eigenvalue weighted by molar-refractivity contribution is -0.120. The maximum Gasteiger partial charge on any atom is 0.244 e. The number of nitrogens with one attached hydrogen (secondary N) is 1. The number of para-hydroxylation sites is 1. The van der Waals surface area contributed by atoms with Gasteiger partial charge in [-0.1, -0.05) is 43.3 Å². The van der Waals surface area contributed by atoms with Crippen molar-refractivity contribution in [1.29, 1.82) is 0 Å². The van der Waals surface area contributed by atoms with Gasteiger partial charge in [-0.3, -0.25) is 4.79 Å². The molecule has 0 heterocycles. The first-order chi connectivity index (χ1) is 10.7. The average molecular weight is 296 g/mol. The lowest BCUT2D eigenvalue weighted by atomic mass is 10.1. The number of ether oxygens (including phenoxy) is 1. The second kappa shape index (κ2) is 7.98. The minimum Gasteiger partial charge on any atom is -0.496 e. The molecule has 2 aromatic carbocycles. The van der Waals surface area contributed by atoms with Gasteiger partial charge < -0.3 is 4.74 Å². The van der Waals surface area contributed by atoms with E-state index in [1.54, 1.807) is 13.3 Å². The summed E-state index contributed by atoms with van der Waals surface area (Å²) in [5.74, 6) is 0.575. The standard InChI is InChI=1S/C18H20N2O2/c1-3-14-8-10-15(11-9-14)12-18(21)20-19-13-16-6-4-5-7-17(16)22-2/h4-11,13H,3,12H2,1-2H3,(H,20,21)/b19-13+. The third-order valence-corrected chi connectivity index (χ3v) is 3.33. The number of hydrogen-bond donors (Lipinski definition) is 1. The fourth-order valence-corrected chi connectivity index (χ4v) is 2.06. The van der Waals surface area contributed by atoms with Crippen molar-refractivity contribution >= 4 is 12.1 Å². The summed E-state index contributed by atoms with van der Waals surface area (Å²) in [7, 11) is 1.60. The molecule has 0 aliphatic carbocycles. The van der Waals surface area contributed by atoms with Crippen molar-refractivity contribution in [1.82, 2.24) is 5.43 Å². The van der Waals surface area contributed by atoms with E-state index in [4.69, 9.17) is 4.74 Å². The number of methoxy groups -OCH3 is 1. The van der Waals surface area contributed by atoms with E-state index in [1.807, 2.05) is 48.5 Å². The number of carbonyl (C=O) groups excluding carboxylic acids is 1. The predicted octanol–water partition coefficient (Wildman–Crippen LogP) is 2.95. The molecule has 1 amide bonds. The van der Waals surface area contributed by atoms with Gasteiger partial charge in [-0.25, -0.2) is 5.43 Å². The zero-order chi connectivity index (χ0) is 15.8. The summed E-state index contributed by atoms with van der Waals surface area (Å²) in [6.07, 6.45) is 2.89. The lowest BCUT2D eigenvalue weighted by Crippen LogP contribution is -2.19. The van der Waals surface area contributed by atoms with Gasteiger partial charge in [0.15, 0.2) is 0 Å². The molecule has 0 atom stereocenters. The van der Waals surface area contributed by atoms with Gasteiger partial charge >= 0.3 is 0 Å². The summed E-state index contributed by atoms with van der Waals surface area (Å²) in [5.41, 5.74) is 5.59. The van der Waals surface area contributed by atoms with Gasteiger partial charge in [-0.2, -0.15) is 5.10 Å². The summed E-state index contributed by atoms with van der Waals surface area (Å²) in [6, 6.07) is 15.5. The van der Waals surface area contributed by atoms with E-state index < -0.39 is 0 Å². The number of nitrogens with zero attached hydrogens (tertiary/aromatic N) is 1. The van der Waals surface area contributed by atoms with Crippen LogP contribution in [0.25, 0.3) is 0 Å². The zero-order valence-corrected chi connectivity index (χ0v) is 12.9. The Balaban J connectivity index is 1.90. The summed E-state index contributed by atoms with van der Waals surface area (Å²) in [4.78, 5) is 11.9. The van der Waals surface area contributed by atoms with Crippen molar-refractivity contribution in [3.05, 3.63) is 65.2 Å². The fourth-order valence-electron chi connectivity index (χ4n) is 2.06. The molecule has 0 fully saturated rings. The predicted molar refractivity (Wildman–Crippen MR) is 88.3 cm³/mol. The van der Waals surface area contributed by atoms with Gasteiger partial charge in [0.25, 0.3) is 0 Å². The minimum atomic E-state index is -0.143. The smallest absolute Gasteiger partial charge is 0.244 e. The highest BCUT2D eigenvalue weighted by Crippen LogP contribution is 2.14. The molecule has 0 aliphatic rings. The molecule has 2 rings (SSSR count). The topological polar surface area (TPSA) is 50.7 Å². The Hall–Kier alpha value is -2.62. The first-order valence-corrected chi connectivity index (χ1v) is 7.25. The van der Waals surface area contributed by atoms with Crippen LogP contribution >= 0.6 is 0 Å². The molecular weight excluding hydrogens is 276 g/mol. The van der Waals surface area contributed by atoms with Crippen LogP contribution < -0.4 is 10.2 Å². The number of benzene rings is 2. The van der Waals surface area contributed by atoms with Crippen LogP contribution in [0.15, 0.2) is 53.6 Å². The average Bonchev–Trinajstić information content (AvgIpc) is 2.56. The van der Waals surface area contributed by atoms with Crippen molar-refractivity contribution < 1.29 is 9.53 Å². The summed E-state index contributed by atoms with van der Waals surface area (Å²) < 4.78 is 5.22. The number of carbonyl (C=O) groups is 1. The highest BCUT2D eigenvalue weighted by molar-refractivity contribution is 5.85. The molecular formula is C18H20N2O2. The molecule has 0 bridgehead atoms. The maximum atomic E-state index is 11.9. The molecule has 22 heavy (non-hydrogen) atoms. The van der Waals surface area contributed by atoms with E-state index in [2.05, 4.69) is 17.5 Å². The molecule has 0 spiro atoms. The Bertz CT molecular complexity index is 648. The highest BCUT2D eigenvalue weighted by atomic mass is 16.5. The molecule has 0 aromatic heterocycles. The second-order valence-electron chi connectivity index (χ2n) is 4.88. The molecule has 4 nitrogen and oxygen atoms in total. The Morgan fingerprint density at radius 2 is 1.82 bits per heavy atom. The Morgan fingerprint density at radius 3 is 2.50 bits per heavy atom. The number of hydrazone groups is 1. The molecule has 0 aliphatic heterocycles. The Kier molecular flexibility index (Phi) is 5.72. The molecule has 4 heteroatoms. The fraction of sp³-hybridized carbons (Fsp3) is 0.222. The van der Waals surface area contributed by atoms with Crippen LogP contribution in [0.3, 0.4) is 0 Å². The van der Waals surface area contributed by atoms with Crippen molar-refractivity contribution in [3.63, 3.8) is 0 Å². The molecule has 0 saturated carbocycles. The number of amides is 1. The van der Waals surface area contributed by atoms with Crippen LogP contribution in [-0.4, -0.2) is 19.2 Å². The third kappa shape index (κ3) is 4.45. The molecule has 0 unspecified atom stereocenters. The molecule has 1 N–H and O–H groups in total. The van der Waals surface area contributed by atoms with Gasteiger partial charge in [0, 0.05) is 5.56 Å². The van der Waals surface area contributed by atoms with Crippen molar-refractivity contribution in [2.24, 2.45) is 5.10 Å². The molecule has 2 aromatic rings. The van der Waals surface area contributed by atoms with Gasteiger partial charge in [-0.15, -0.1) is 0 Å². The summed E-state index contributed by atoms with van der Waals surface area (Å²) >= 11 is 0. The largest absolute Gasteiger partial charge is 0.496 e. The van der Waals surface area contributed by atoms with Crippen LogP contribution in [0.2, 0.25) is 0 Å². The Labute approximate surface area is 130 Å². The second-order valence-corrected chi connectivity index (χ2v) is 4.88. The molecule has 114 valence electrons. The SMILES string of the molecule is CCc1ccc(CC(=O)N/N=C/c2ccccc2OC)cc1. The van der Waals surface area contributed by atoms with Crippen molar-refractivity contribution in [2.75, 3.05) is 7.11 Å². The van der Waals surface area contributed by atoms with E-state index in [0.29, 0.717) is 6.42 Å². The van der Waals surface area contributed by atoms with Gasteiger partial charge in [-0.05, 0) is 29.7 Å². The number of aryl methyl sites for hydroxylation is 1. The van der Waals surface area contributed by atoms with E-state index in [0.717, 1.165) is 23.3 Å². The zero-order valence-electron chi connectivity index (χ0n) is 12.9. The van der Waals surface area contributed by atoms with Crippen molar-refractivity contribution in [3.8, 4) is 5.75 Å². The van der Waals surface area contributed by atoms with Crippen LogP contribution in [-0.2, 0) is 17.6 Å². The van der Waals surface area contributed by atoms with E-state index in [1.165, 1.54) is 5.56 Å². The molecule has 0 radical (unpaired) electrons. The monoisotopic (exact) mass is 296 g/mol. The van der Waals surface area contributed by atoms with Gasteiger partial charge in [0.2, 0.25) is 5.91 Å². The summed E-state index contributed by atoms with van der Waals surface area (Å²) in [6.45, 7) is 2.11. The highest BCUT2D eigenvalue weighted by Gasteiger charge is 2.02. The number of rotatable bonds is 6. The maximum absolute atomic E-state index is 11.9. The number of hydrogen-bond acceptors (Lipinski definition) is 3. The van der Waals surface area contributed by atoms with Crippen LogP contribution in [0.4, 0.5) is 0 Å². The normalized spacial score (nSPS) is 10.6. The van der Waals surface area contributed by atoms with Crippen LogP contribution in [0.1, 0.15) is 23.6 Å². The van der Waals surface area contributed by atoms with E-state index >= 15 is 0 Å². The minimum absolute atomic E-state index is 0.143.